The van der Waals surface area contributed by atoms with Gasteiger partial charge in [0.25, 0.3) is 0 Å². The molecule has 1 unspecified atom stereocenters. The van der Waals surface area contributed by atoms with E-state index in [1.165, 1.54) is 10.9 Å². The van der Waals surface area contributed by atoms with Crippen molar-refractivity contribution >= 4 is 32.8 Å². The quantitative estimate of drug-likeness (QED) is 0.497. The number of ether oxygens (including phenoxy) is 1. The minimum absolute atomic E-state index is 0.503. The normalized spacial score (nSPS) is 17.6. The molecule has 1 aromatic carbocycles. The molecule has 4 heterocycles. The van der Waals surface area contributed by atoms with Crippen molar-refractivity contribution in [2.45, 2.75) is 32.9 Å². The first-order valence-electron chi connectivity index (χ1n) is 10.7. The number of methoxy groups -OCH3 is 1. The van der Waals surface area contributed by atoms with Crippen LogP contribution < -0.4 is 15.8 Å². The molecule has 0 saturated carbocycles. The van der Waals surface area contributed by atoms with Crippen LogP contribution in [-0.2, 0) is 6.54 Å². The zero-order valence-corrected chi connectivity index (χ0v) is 19.0. The number of rotatable bonds is 5. The molecule has 3 aromatic heterocycles. The second kappa shape index (κ2) is 8.11. The average Bonchev–Trinajstić information content (AvgIpc) is 3.35. The Morgan fingerprint density at radius 3 is 2.97 bits per heavy atom. The van der Waals surface area contributed by atoms with Crippen molar-refractivity contribution in [1.29, 1.82) is 0 Å². The highest BCUT2D eigenvalue weighted by molar-refractivity contribution is 7.22. The van der Waals surface area contributed by atoms with Gasteiger partial charge in [-0.05, 0) is 42.5 Å². The summed E-state index contributed by atoms with van der Waals surface area (Å²) in [5.74, 6) is 1.41. The highest BCUT2D eigenvalue weighted by Crippen LogP contribution is 2.42. The van der Waals surface area contributed by atoms with E-state index in [0.717, 1.165) is 64.7 Å². The monoisotopic (exact) mass is 436 g/mol. The summed E-state index contributed by atoms with van der Waals surface area (Å²) in [7, 11) is 1.72. The van der Waals surface area contributed by atoms with E-state index in [4.69, 9.17) is 10.5 Å². The van der Waals surface area contributed by atoms with Gasteiger partial charge in [-0.3, -0.25) is 4.90 Å². The summed E-state index contributed by atoms with van der Waals surface area (Å²) >= 11 is 1.72. The van der Waals surface area contributed by atoms with Gasteiger partial charge in [0.05, 0.1) is 17.5 Å². The molecule has 1 saturated heterocycles. The van der Waals surface area contributed by atoms with Crippen molar-refractivity contribution in [2.24, 2.45) is 0 Å². The first-order valence-corrected chi connectivity index (χ1v) is 11.5. The van der Waals surface area contributed by atoms with E-state index < -0.39 is 0 Å². The molecule has 0 radical (unpaired) electrons. The van der Waals surface area contributed by atoms with Crippen LogP contribution in [0.2, 0.25) is 0 Å². The topological polar surface area (TPSA) is 80.7 Å². The lowest BCUT2D eigenvalue weighted by Crippen LogP contribution is -2.49. The molecule has 1 atom stereocenters. The largest absolute Gasteiger partial charge is 0.495 e. The maximum Gasteiger partial charge on any atom is 0.152 e. The number of fused-ring (bicyclic) bond motifs is 2. The van der Waals surface area contributed by atoms with Gasteiger partial charge in [0.15, 0.2) is 5.82 Å². The first kappa shape index (κ1) is 20.2. The zero-order chi connectivity index (χ0) is 21.5. The number of hydrogen-bond acceptors (Lipinski definition) is 7. The molecule has 31 heavy (non-hydrogen) atoms. The smallest absolute Gasteiger partial charge is 0.152 e. The Kier molecular flexibility index (Phi) is 5.29. The highest BCUT2D eigenvalue weighted by atomic mass is 32.1. The van der Waals surface area contributed by atoms with Gasteiger partial charge in [0.2, 0.25) is 0 Å². The summed E-state index contributed by atoms with van der Waals surface area (Å²) in [5.41, 5.74) is 10.6. The molecule has 0 amide bonds. The summed E-state index contributed by atoms with van der Waals surface area (Å²) in [4.78, 5) is 7.92. The van der Waals surface area contributed by atoms with Crippen molar-refractivity contribution in [2.75, 3.05) is 32.5 Å². The van der Waals surface area contributed by atoms with E-state index in [1.807, 2.05) is 4.52 Å². The Morgan fingerprint density at radius 1 is 1.29 bits per heavy atom. The van der Waals surface area contributed by atoms with E-state index in [0.29, 0.717) is 11.9 Å². The van der Waals surface area contributed by atoms with E-state index >= 15 is 0 Å². The third-order valence-electron chi connectivity index (χ3n) is 6.09. The first-order chi connectivity index (χ1) is 15.1. The van der Waals surface area contributed by atoms with Crippen LogP contribution in [0.25, 0.3) is 26.0 Å². The average molecular weight is 437 g/mol. The number of hydrogen-bond donors (Lipinski definition) is 2. The number of anilines is 1. The van der Waals surface area contributed by atoms with Gasteiger partial charge in [-0.15, -0.1) is 11.3 Å². The van der Waals surface area contributed by atoms with Crippen molar-refractivity contribution in [3.63, 3.8) is 0 Å². The summed E-state index contributed by atoms with van der Waals surface area (Å²) in [6.07, 6.45) is 2.67. The van der Waals surface area contributed by atoms with Gasteiger partial charge in [-0.2, -0.15) is 5.10 Å². The summed E-state index contributed by atoms with van der Waals surface area (Å²) in [6.45, 7) is 8.24. The molecule has 1 aliphatic rings. The van der Waals surface area contributed by atoms with Gasteiger partial charge >= 0.3 is 0 Å². The highest BCUT2D eigenvalue weighted by Gasteiger charge is 2.22. The number of thiophene rings is 1. The van der Waals surface area contributed by atoms with Crippen LogP contribution in [0.3, 0.4) is 0 Å². The fourth-order valence-electron chi connectivity index (χ4n) is 4.52. The van der Waals surface area contributed by atoms with Crippen molar-refractivity contribution in [3.8, 4) is 16.2 Å². The van der Waals surface area contributed by atoms with Gasteiger partial charge in [0.1, 0.15) is 17.6 Å². The van der Waals surface area contributed by atoms with Crippen LogP contribution >= 0.6 is 11.3 Å². The number of piperazine rings is 1. The number of nitrogens with zero attached hydrogens (tertiary/aromatic N) is 4. The predicted molar refractivity (Wildman–Crippen MR) is 127 cm³/mol. The van der Waals surface area contributed by atoms with E-state index in [-0.39, 0.29) is 0 Å². The third kappa shape index (κ3) is 3.64. The number of nitrogen functional groups attached to an aromatic ring is 1. The van der Waals surface area contributed by atoms with E-state index in [1.54, 1.807) is 24.8 Å². The second-order valence-corrected chi connectivity index (χ2v) is 9.30. The second-order valence-electron chi connectivity index (χ2n) is 8.25. The van der Waals surface area contributed by atoms with Crippen LogP contribution in [-0.4, -0.2) is 52.3 Å². The van der Waals surface area contributed by atoms with Crippen LogP contribution in [0.5, 0.6) is 5.75 Å². The Bertz CT molecular complexity index is 1250. The van der Waals surface area contributed by atoms with Crippen LogP contribution in [0.1, 0.15) is 24.6 Å². The Hall–Kier alpha value is -2.68. The van der Waals surface area contributed by atoms with Gasteiger partial charge in [0, 0.05) is 42.7 Å². The molecule has 8 heteroatoms. The van der Waals surface area contributed by atoms with Crippen LogP contribution in [0, 0.1) is 6.92 Å². The Morgan fingerprint density at radius 2 is 2.16 bits per heavy atom. The van der Waals surface area contributed by atoms with Gasteiger partial charge < -0.3 is 15.8 Å². The van der Waals surface area contributed by atoms with Crippen molar-refractivity contribution in [3.05, 3.63) is 41.9 Å². The molecule has 0 aliphatic carbocycles. The number of aromatic nitrogens is 3. The standard InChI is InChI=1S/C23H28N6OS/c1-4-16-11-28(6-5-25-16)12-17-10-18(21-23(24)26-13-27-29(17)21)20-9-15-7-14(2)8-19(30-3)22(15)31-20/h7-10,13,16,25H,4-6,11-12H2,1-3H3,(H2,24,26,27). The van der Waals surface area contributed by atoms with Crippen LogP contribution in [0.4, 0.5) is 5.82 Å². The molecule has 3 N–H and O–H groups in total. The molecule has 0 bridgehead atoms. The molecular weight excluding hydrogens is 408 g/mol. The molecular formula is C23H28N6OS. The maximum atomic E-state index is 6.34. The molecule has 0 spiro atoms. The lowest BCUT2D eigenvalue weighted by Gasteiger charge is -2.33. The van der Waals surface area contributed by atoms with Crippen LogP contribution in [0.15, 0.2) is 30.6 Å². The minimum atomic E-state index is 0.503. The molecule has 162 valence electrons. The third-order valence-corrected chi connectivity index (χ3v) is 7.29. The lowest BCUT2D eigenvalue weighted by molar-refractivity contribution is 0.187. The van der Waals surface area contributed by atoms with Crippen molar-refractivity contribution < 1.29 is 4.74 Å². The number of nitrogens with one attached hydrogen (secondary N) is 1. The summed E-state index contributed by atoms with van der Waals surface area (Å²) in [5, 5.41) is 9.33. The van der Waals surface area contributed by atoms with Gasteiger partial charge in [-0.25, -0.2) is 9.50 Å². The molecule has 4 aromatic rings. The Labute approximate surface area is 185 Å². The summed E-state index contributed by atoms with van der Waals surface area (Å²) < 4.78 is 8.75. The summed E-state index contributed by atoms with van der Waals surface area (Å²) in [6, 6.07) is 9.27. The fourth-order valence-corrected chi connectivity index (χ4v) is 5.67. The lowest BCUT2D eigenvalue weighted by atomic mass is 10.1. The number of aryl methyl sites for hydroxylation is 1. The van der Waals surface area contributed by atoms with E-state index in [9.17, 15) is 0 Å². The minimum Gasteiger partial charge on any atom is -0.495 e. The van der Waals surface area contributed by atoms with Crippen molar-refractivity contribution in [1.82, 2.24) is 24.8 Å². The molecule has 1 aliphatic heterocycles. The molecule has 1 fully saturated rings. The molecule has 5 rings (SSSR count). The SMILES string of the molecule is CCC1CN(Cc2cc(-c3cc4cc(C)cc(OC)c4s3)c3c(N)ncnn23)CCN1. The zero-order valence-electron chi connectivity index (χ0n) is 18.2. The number of benzene rings is 1. The Balaban J connectivity index is 1.60. The van der Waals surface area contributed by atoms with E-state index in [2.05, 4.69) is 58.4 Å². The molecule has 7 nitrogen and oxygen atoms in total. The maximum absolute atomic E-state index is 6.34. The van der Waals surface area contributed by atoms with Gasteiger partial charge in [-0.1, -0.05) is 13.0 Å². The number of nitrogens with two attached hydrogens (primary N) is 1. The predicted octanol–water partition coefficient (Wildman–Crippen LogP) is 3.69. The fraction of sp³-hybridized carbons (Fsp3) is 0.391.